The van der Waals surface area contributed by atoms with E-state index in [2.05, 4.69) is 21.6 Å². The molecule has 1 amide bonds. The molecule has 0 unspecified atom stereocenters. The van der Waals surface area contributed by atoms with Crippen molar-refractivity contribution in [1.82, 2.24) is 24.2 Å². The van der Waals surface area contributed by atoms with Gasteiger partial charge in [0.15, 0.2) is 0 Å². The summed E-state index contributed by atoms with van der Waals surface area (Å²) in [5, 5.41) is 4.22. The van der Waals surface area contributed by atoms with Crippen LogP contribution in [0.5, 0.6) is 0 Å². The maximum absolute atomic E-state index is 12.7. The lowest BCUT2D eigenvalue weighted by Gasteiger charge is -2.39. The summed E-state index contributed by atoms with van der Waals surface area (Å²) in [4.78, 5) is 19.0. The summed E-state index contributed by atoms with van der Waals surface area (Å²) in [7, 11) is 0. The molecule has 2 aromatic heterocycles. The molecule has 25 heavy (non-hydrogen) atoms. The lowest BCUT2D eigenvalue weighted by molar-refractivity contribution is 0.0467. The Bertz CT molecular complexity index is 862. The molecule has 1 aliphatic rings. The SMILES string of the molecule is CCc1nccn1CC1CN(C(=O)c2cccc(-n3cccn3)c2)C1. The van der Waals surface area contributed by atoms with E-state index >= 15 is 0 Å². The minimum atomic E-state index is 0.0894. The van der Waals surface area contributed by atoms with E-state index in [0.29, 0.717) is 11.5 Å². The third kappa shape index (κ3) is 3.07. The van der Waals surface area contributed by atoms with Gasteiger partial charge in [-0.25, -0.2) is 9.67 Å². The van der Waals surface area contributed by atoms with Gasteiger partial charge >= 0.3 is 0 Å². The first-order valence-corrected chi connectivity index (χ1v) is 8.64. The summed E-state index contributed by atoms with van der Waals surface area (Å²) in [6, 6.07) is 9.49. The zero-order valence-corrected chi connectivity index (χ0v) is 14.2. The molecule has 1 aliphatic heterocycles. The van der Waals surface area contributed by atoms with Crippen LogP contribution in [0.2, 0.25) is 0 Å². The van der Waals surface area contributed by atoms with Crippen LogP contribution in [0.1, 0.15) is 23.1 Å². The number of carbonyl (C=O) groups is 1. The number of nitrogens with zero attached hydrogens (tertiary/aromatic N) is 5. The molecule has 4 rings (SSSR count). The van der Waals surface area contributed by atoms with Crippen LogP contribution in [0, 0.1) is 5.92 Å². The zero-order chi connectivity index (χ0) is 17.2. The Balaban J connectivity index is 1.39. The van der Waals surface area contributed by atoms with Gasteiger partial charge in [0.1, 0.15) is 5.82 Å². The van der Waals surface area contributed by atoms with Crippen molar-refractivity contribution in [3.63, 3.8) is 0 Å². The van der Waals surface area contributed by atoms with E-state index < -0.39 is 0 Å². The van der Waals surface area contributed by atoms with E-state index in [1.54, 1.807) is 10.9 Å². The number of aromatic nitrogens is 4. The maximum atomic E-state index is 12.7. The van der Waals surface area contributed by atoms with E-state index in [0.717, 1.165) is 37.6 Å². The summed E-state index contributed by atoms with van der Waals surface area (Å²) >= 11 is 0. The largest absolute Gasteiger partial charge is 0.338 e. The Morgan fingerprint density at radius 1 is 1.20 bits per heavy atom. The van der Waals surface area contributed by atoms with E-state index in [1.807, 2.05) is 53.8 Å². The highest BCUT2D eigenvalue weighted by molar-refractivity contribution is 5.95. The summed E-state index contributed by atoms with van der Waals surface area (Å²) in [5.74, 6) is 1.70. The second kappa shape index (κ2) is 6.55. The van der Waals surface area contributed by atoms with Gasteiger partial charge in [0.25, 0.3) is 5.91 Å². The van der Waals surface area contributed by atoms with Crippen LogP contribution in [0.4, 0.5) is 0 Å². The van der Waals surface area contributed by atoms with E-state index in [-0.39, 0.29) is 5.91 Å². The van der Waals surface area contributed by atoms with E-state index in [4.69, 9.17) is 0 Å². The van der Waals surface area contributed by atoms with Crippen LogP contribution in [-0.2, 0) is 13.0 Å². The highest BCUT2D eigenvalue weighted by Crippen LogP contribution is 2.22. The third-order valence-electron chi connectivity index (χ3n) is 4.68. The van der Waals surface area contributed by atoms with Gasteiger partial charge in [-0.15, -0.1) is 0 Å². The van der Waals surface area contributed by atoms with Crippen molar-refractivity contribution >= 4 is 5.91 Å². The van der Waals surface area contributed by atoms with Gasteiger partial charge in [0, 0.05) is 62.3 Å². The molecule has 6 heteroatoms. The Morgan fingerprint density at radius 3 is 2.84 bits per heavy atom. The number of amides is 1. The van der Waals surface area contributed by atoms with E-state index in [1.165, 1.54) is 0 Å². The molecular formula is C19H21N5O. The van der Waals surface area contributed by atoms with Crippen molar-refractivity contribution in [1.29, 1.82) is 0 Å². The van der Waals surface area contributed by atoms with Crippen LogP contribution >= 0.6 is 0 Å². The standard InChI is InChI=1S/C19H21N5O/c1-2-18-20-8-10-22(18)12-15-13-23(14-15)19(25)16-5-3-6-17(11-16)24-9-4-7-21-24/h3-11,15H,2,12-14H2,1H3. The molecule has 3 heterocycles. The molecule has 0 atom stereocenters. The average Bonchev–Trinajstić information content (AvgIpc) is 3.28. The van der Waals surface area contributed by atoms with Crippen molar-refractivity contribution in [3.8, 4) is 5.69 Å². The molecule has 1 fully saturated rings. The van der Waals surface area contributed by atoms with Gasteiger partial charge in [-0.2, -0.15) is 5.10 Å². The van der Waals surface area contributed by atoms with Crippen molar-refractivity contribution < 1.29 is 4.79 Å². The predicted molar refractivity (Wildman–Crippen MR) is 94.6 cm³/mol. The lowest BCUT2D eigenvalue weighted by atomic mass is 9.98. The number of aryl methyl sites for hydroxylation is 1. The minimum Gasteiger partial charge on any atom is -0.338 e. The van der Waals surface area contributed by atoms with Crippen LogP contribution in [0.15, 0.2) is 55.1 Å². The summed E-state index contributed by atoms with van der Waals surface area (Å²) in [6.07, 6.45) is 8.41. The minimum absolute atomic E-state index is 0.0894. The molecule has 128 valence electrons. The number of likely N-dealkylation sites (tertiary alicyclic amines) is 1. The average molecular weight is 335 g/mol. The van der Waals surface area contributed by atoms with E-state index in [9.17, 15) is 4.79 Å². The number of carbonyl (C=O) groups excluding carboxylic acids is 1. The first-order valence-electron chi connectivity index (χ1n) is 8.64. The molecule has 0 aliphatic carbocycles. The fourth-order valence-corrected chi connectivity index (χ4v) is 3.34. The molecule has 0 saturated carbocycles. The van der Waals surface area contributed by atoms with Crippen molar-refractivity contribution in [2.45, 2.75) is 19.9 Å². The first-order chi connectivity index (χ1) is 12.2. The zero-order valence-electron chi connectivity index (χ0n) is 14.2. The topological polar surface area (TPSA) is 56.0 Å². The van der Waals surface area contributed by atoms with Crippen LogP contribution < -0.4 is 0 Å². The smallest absolute Gasteiger partial charge is 0.253 e. The monoisotopic (exact) mass is 335 g/mol. The van der Waals surface area contributed by atoms with Gasteiger partial charge in [-0.05, 0) is 24.3 Å². The van der Waals surface area contributed by atoms with Crippen LogP contribution in [0.25, 0.3) is 5.69 Å². The molecule has 0 radical (unpaired) electrons. The Morgan fingerprint density at radius 2 is 2.08 bits per heavy atom. The van der Waals surface area contributed by atoms with Gasteiger partial charge in [-0.1, -0.05) is 13.0 Å². The summed E-state index contributed by atoms with van der Waals surface area (Å²) in [6.45, 7) is 4.64. The molecule has 0 bridgehead atoms. The molecule has 1 aromatic carbocycles. The summed E-state index contributed by atoms with van der Waals surface area (Å²) < 4.78 is 3.96. The van der Waals surface area contributed by atoms with Crippen molar-refractivity contribution in [2.24, 2.45) is 5.92 Å². The van der Waals surface area contributed by atoms with Gasteiger partial charge < -0.3 is 9.47 Å². The summed E-state index contributed by atoms with van der Waals surface area (Å²) in [5.41, 5.74) is 1.61. The molecular weight excluding hydrogens is 314 g/mol. The highest BCUT2D eigenvalue weighted by Gasteiger charge is 2.31. The molecule has 0 spiro atoms. The van der Waals surface area contributed by atoms with Crippen LogP contribution in [0.3, 0.4) is 0 Å². The fourth-order valence-electron chi connectivity index (χ4n) is 3.34. The molecule has 3 aromatic rings. The van der Waals surface area contributed by atoms with Crippen LogP contribution in [-0.4, -0.2) is 43.2 Å². The van der Waals surface area contributed by atoms with Gasteiger partial charge in [0.2, 0.25) is 0 Å². The Labute approximate surface area is 146 Å². The second-order valence-corrected chi connectivity index (χ2v) is 6.43. The molecule has 6 nitrogen and oxygen atoms in total. The fraction of sp³-hybridized carbons (Fsp3) is 0.316. The first kappa shape index (κ1) is 15.6. The lowest BCUT2D eigenvalue weighted by Crippen LogP contribution is -2.51. The quantitative estimate of drug-likeness (QED) is 0.719. The number of hydrogen-bond acceptors (Lipinski definition) is 3. The number of rotatable bonds is 5. The predicted octanol–water partition coefficient (Wildman–Crippen LogP) is 2.40. The number of imidazole rings is 1. The van der Waals surface area contributed by atoms with Gasteiger partial charge in [-0.3, -0.25) is 4.79 Å². The van der Waals surface area contributed by atoms with Crippen molar-refractivity contribution in [3.05, 3.63) is 66.5 Å². The Hall–Kier alpha value is -2.89. The second-order valence-electron chi connectivity index (χ2n) is 6.43. The number of benzene rings is 1. The molecule has 1 saturated heterocycles. The maximum Gasteiger partial charge on any atom is 0.253 e. The normalized spacial score (nSPS) is 14.5. The van der Waals surface area contributed by atoms with Crippen molar-refractivity contribution in [2.75, 3.05) is 13.1 Å². The number of hydrogen-bond donors (Lipinski definition) is 0. The third-order valence-corrected chi connectivity index (χ3v) is 4.68. The van der Waals surface area contributed by atoms with Gasteiger partial charge in [0.05, 0.1) is 5.69 Å². The molecule has 0 N–H and O–H groups in total. The highest BCUT2D eigenvalue weighted by atomic mass is 16.2. The Kier molecular flexibility index (Phi) is 4.09.